The van der Waals surface area contributed by atoms with Crippen LogP contribution in [0.3, 0.4) is 0 Å². The molecule has 3 heterocycles. The second kappa shape index (κ2) is 5.62. The number of aromatic hydroxyl groups is 1. The van der Waals surface area contributed by atoms with Crippen LogP contribution in [0.15, 0.2) is 24.3 Å². The molecule has 0 saturated carbocycles. The number of phenols is 1. The van der Waals surface area contributed by atoms with E-state index in [1.807, 2.05) is 6.07 Å². The van der Waals surface area contributed by atoms with E-state index in [-0.39, 0.29) is 23.7 Å². The Hall–Kier alpha value is -3.26. The summed E-state index contributed by atoms with van der Waals surface area (Å²) in [5, 5.41) is 10.4. The lowest BCUT2D eigenvalue weighted by Gasteiger charge is -2.46. The number of benzene rings is 2. The van der Waals surface area contributed by atoms with Crippen LogP contribution >= 0.6 is 0 Å². The molecule has 0 amide bonds. The lowest BCUT2D eigenvalue weighted by atomic mass is 9.81. The molecule has 8 heteroatoms. The number of ether oxygens (including phenoxy) is 4. The molecule has 2 aromatic rings. The van der Waals surface area contributed by atoms with Gasteiger partial charge in [-0.1, -0.05) is 0 Å². The van der Waals surface area contributed by atoms with Gasteiger partial charge in [-0.2, -0.15) is 0 Å². The zero-order valence-corrected chi connectivity index (χ0v) is 15.3. The minimum atomic E-state index is -1.63. The molecule has 0 radical (unpaired) electrons. The summed E-state index contributed by atoms with van der Waals surface area (Å²) in [4.78, 5) is 28.2. The molecule has 1 atom stereocenters. The van der Waals surface area contributed by atoms with Crippen LogP contribution in [0.1, 0.15) is 31.8 Å². The number of ketones is 1. The Morgan fingerprint density at radius 3 is 2.68 bits per heavy atom. The van der Waals surface area contributed by atoms with Crippen LogP contribution in [0.2, 0.25) is 0 Å². The summed E-state index contributed by atoms with van der Waals surface area (Å²) in [5.41, 5.74) is -0.322. The van der Waals surface area contributed by atoms with E-state index in [2.05, 4.69) is 0 Å². The van der Waals surface area contributed by atoms with Gasteiger partial charge in [-0.3, -0.25) is 9.69 Å². The van der Waals surface area contributed by atoms with Crippen molar-refractivity contribution in [3.63, 3.8) is 0 Å². The van der Waals surface area contributed by atoms with Crippen LogP contribution in [0, 0.1) is 0 Å². The van der Waals surface area contributed by atoms with Crippen LogP contribution in [0.5, 0.6) is 23.0 Å². The lowest BCUT2D eigenvalue weighted by Crippen LogP contribution is -2.58. The molecule has 0 aromatic heterocycles. The number of carbonyl (C=O) groups is 2. The Bertz CT molecular complexity index is 1050. The van der Waals surface area contributed by atoms with Gasteiger partial charge in [0.2, 0.25) is 12.6 Å². The van der Waals surface area contributed by atoms with E-state index >= 15 is 0 Å². The average molecular weight is 383 g/mol. The third-order valence-corrected chi connectivity index (χ3v) is 5.58. The maximum Gasteiger partial charge on any atom is 0.345 e. The number of Topliss-reactive ketones (excluding diaryl/α,β-unsaturated/α-hetero) is 1. The van der Waals surface area contributed by atoms with E-state index in [9.17, 15) is 14.7 Å². The molecule has 0 unspecified atom stereocenters. The smallest absolute Gasteiger partial charge is 0.345 e. The number of hydrogen-bond acceptors (Lipinski definition) is 8. The topological polar surface area (TPSA) is 94.5 Å². The summed E-state index contributed by atoms with van der Waals surface area (Å²) >= 11 is 0. The normalized spacial score (nSPS) is 22.6. The first kappa shape index (κ1) is 16.9. The van der Waals surface area contributed by atoms with Gasteiger partial charge < -0.3 is 24.1 Å². The number of esters is 1. The molecule has 144 valence electrons. The largest absolute Gasteiger partial charge is 0.504 e. The van der Waals surface area contributed by atoms with E-state index in [0.717, 1.165) is 5.56 Å². The van der Waals surface area contributed by atoms with Crippen molar-refractivity contribution >= 4 is 11.8 Å². The Morgan fingerprint density at radius 2 is 1.93 bits per heavy atom. The van der Waals surface area contributed by atoms with Gasteiger partial charge >= 0.3 is 5.97 Å². The lowest BCUT2D eigenvalue weighted by molar-refractivity contribution is -0.0953. The highest BCUT2D eigenvalue weighted by Crippen LogP contribution is 2.48. The summed E-state index contributed by atoms with van der Waals surface area (Å²) in [6.07, 6.45) is 0.662. The van der Waals surface area contributed by atoms with Crippen molar-refractivity contribution in [3.8, 4) is 23.0 Å². The van der Waals surface area contributed by atoms with Crippen molar-refractivity contribution < 1.29 is 33.6 Å². The van der Waals surface area contributed by atoms with Gasteiger partial charge in [0.25, 0.3) is 5.72 Å². The number of hydrogen-bond donors (Lipinski definition) is 1. The first-order valence-corrected chi connectivity index (χ1v) is 8.79. The number of rotatable bonds is 1. The fourth-order valence-electron chi connectivity index (χ4n) is 4.13. The van der Waals surface area contributed by atoms with Crippen LogP contribution < -0.4 is 14.2 Å². The molecule has 0 fully saturated rings. The fourth-order valence-corrected chi connectivity index (χ4v) is 4.13. The van der Waals surface area contributed by atoms with Crippen molar-refractivity contribution in [1.82, 2.24) is 4.90 Å². The van der Waals surface area contributed by atoms with Gasteiger partial charge in [-0.15, -0.1) is 0 Å². The van der Waals surface area contributed by atoms with Crippen molar-refractivity contribution in [2.45, 2.75) is 12.1 Å². The Labute approximate surface area is 160 Å². The van der Waals surface area contributed by atoms with Crippen molar-refractivity contribution in [2.75, 3.05) is 27.5 Å². The monoisotopic (exact) mass is 383 g/mol. The first-order chi connectivity index (χ1) is 13.5. The molecular weight excluding hydrogens is 366 g/mol. The zero-order chi connectivity index (χ0) is 19.6. The summed E-state index contributed by atoms with van der Waals surface area (Å²) in [5.74, 6) is -0.417. The average Bonchev–Trinajstić information content (AvgIpc) is 3.14. The van der Waals surface area contributed by atoms with Crippen LogP contribution in [0.4, 0.5) is 0 Å². The SMILES string of the molecule is COc1ccc2c(c1O)C(=O)O[C@@]1(C2=O)c2cc3c(cc2CCN1C)OCO3. The van der Waals surface area contributed by atoms with Crippen LogP contribution in [0.25, 0.3) is 0 Å². The molecule has 8 nitrogen and oxygen atoms in total. The molecule has 0 saturated heterocycles. The van der Waals surface area contributed by atoms with E-state index < -0.39 is 23.2 Å². The summed E-state index contributed by atoms with van der Waals surface area (Å²) in [6.45, 7) is 0.606. The maximum atomic E-state index is 13.6. The van der Waals surface area contributed by atoms with Crippen LogP contribution in [-0.2, 0) is 16.9 Å². The summed E-state index contributed by atoms with van der Waals surface area (Å²) in [6, 6.07) is 6.47. The molecule has 3 aliphatic rings. The molecule has 2 aromatic carbocycles. The van der Waals surface area contributed by atoms with Crippen molar-refractivity contribution in [3.05, 3.63) is 46.5 Å². The highest BCUT2D eigenvalue weighted by atomic mass is 16.7. The number of methoxy groups -OCH3 is 1. The fraction of sp³-hybridized carbons (Fsp3) is 0.300. The Morgan fingerprint density at radius 1 is 1.18 bits per heavy atom. The summed E-state index contributed by atoms with van der Waals surface area (Å²) in [7, 11) is 3.10. The molecular formula is C20H17NO7. The molecule has 0 aliphatic carbocycles. The molecule has 3 aliphatic heterocycles. The second-order valence-corrected chi connectivity index (χ2v) is 6.94. The molecule has 5 rings (SSSR count). The van der Waals surface area contributed by atoms with Crippen molar-refractivity contribution in [1.29, 1.82) is 0 Å². The molecule has 0 bridgehead atoms. The highest BCUT2D eigenvalue weighted by molar-refractivity contribution is 6.16. The van der Waals surface area contributed by atoms with E-state index in [1.165, 1.54) is 19.2 Å². The number of nitrogens with zero attached hydrogens (tertiary/aromatic N) is 1. The highest BCUT2D eigenvalue weighted by Gasteiger charge is 2.56. The third-order valence-electron chi connectivity index (χ3n) is 5.58. The van der Waals surface area contributed by atoms with Gasteiger partial charge in [-0.05, 0) is 43.3 Å². The molecule has 1 N–H and O–H groups in total. The first-order valence-electron chi connectivity index (χ1n) is 8.79. The number of likely N-dealkylation sites (N-methyl/N-ethyl adjacent to an activating group) is 1. The minimum absolute atomic E-state index is 0.0897. The number of carbonyl (C=O) groups excluding carboxylic acids is 2. The van der Waals surface area contributed by atoms with Gasteiger partial charge in [-0.25, -0.2) is 4.79 Å². The van der Waals surface area contributed by atoms with Gasteiger partial charge in [0.05, 0.1) is 7.11 Å². The van der Waals surface area contributed by atoms with Gasteiger partial charge in [0.1, 0.15) is 5.56 Å². The quantitative estimate of drug-likeness (QED) is 0.746. The predicted molar refractivity (Wildman–Crippen MR) is 95.0 cm³/mol. The van der Waals surface area contributed by atoms with Crippen molar-refractivity contribution in [2.24, 2.45) is 0 Å². The molecule has 1 spiro atoms. The van der Waals surface area contributed by atoms with Gasteiger partial charge in [0, 0.05) is 17.7 Å². The third kappa shape index (κ3) is 1.98. The summed E-state index contributed by atoms with van der Waals surface area (Å²) < 4.78 is 21.7. The number of phenolic OH excluding ortho intramolecular Hbond substituents is 1. The predicted octanol–water partition coefficient (Wildman–Crippen LogP) is 1.82. The zero-order valence-electron chi connectivity index (χ0n) is 15.3. The minimum Gasteiger partial charge on any atom is -0.504 e. The van der Waals surface area contributed by atoms with Gasteiger partial charge in [0.15, 0.2) is 23.0 Å². The van der Waals surface area contributed by atoms with E-state index in [0.29, 0.717) is 30.0 Å². The Kier molecular flexibility index (Phi) is 3.39. The van der Waals surface area contributed by atoms with E-state index in [1.54, 1.807) is 18.0 Å². The second-order valence-electron chi connectivity index (χ2n) is 6.94. The standard InChI is InChI=1S/C20H17NO7/c1-21-6-5-10-7-14-15(27-9-26-14)8-12(10)20(21)18(23)11-3-4-13(25-2)17(22)16(11)19(24)28-20/h3-4,7-8,22H,5-6,9H2,1-2H3/t20-/m1/s1. The number of fused-ring (bicyclic) bond motifs is 4. The van der Waals surface area contributed by atoms with Crippen LogP contribution in [-0.4, -0.2) is 49.3 Å². The maximum absolute atomic E-state index is 13.6. The Balaban J connectivity index is 1.75. The van der Waals surface area contributed by atoms with E-state index in [4.69, 9.17) is 18.9 Å². The molecule has 28 heavy (non-hydrogen) atoms.